The van der Waals surface area contributed by atoms with E-state index in [4.69, 9.17) is 9.84 Å². The molecule has 38 heavy (non-hydrogen) atoms. The van der Waals surface area contributed by atoms with E-state index in [1.165, 1.54) is 38.5 Å². The molecule has 0 unspecified atom stereocenters. The Bertz CT molecular complexity index is 570. The molecule has 0 aromatic carbocycles. The monoisotopic (exact) mass is 540 g/mol. The highest BCUT2D eigenvalue weighted by atomic mass is 16.5. The number of carboxylic acids is 1. The Morgan fingerprint density at radius 1 is 0.632 bits per heavy atom. The fourth-order valence-electron chi connectivity index (χ4n) is 4.59. The molecule has 0 radical (unpaired) electrons. The highest BCUT2D eigenvalue weighted by molar-refractivity contribution is 5.75. The first-order chi connectivity index (χ1) is 18.5. The Morgan fingerprint density at radius 3 is 1.71 bits per heavy atom. The normalized spacial score (nSPS) is 11.1. The van der Waals surface area contributed by atoms with Crippen LogP contribution in [0.5, 0.6) is 0 Å². The standard InChI is InChI=1S/C31H60N2O5/c1-3-5-6-7-8-15-20-28-38-31(37)23-17-12-10-14-19-26-33(27-21-24-32-29(34)4-2)25-18-13-9-11-16-22-30(35)36/h3-28H2,1-2H3,(H,32,34)(H,35,36). The molecule has 0 heterocycles. The van der Waals surface area contributed by atoms with Crippen molar-refractivity contribution in [2.45, 2.75) is 149 Å². The highest BCUT2D eigenvalue weighted by Gasteiger charge is 2.07. The summed E-state index contributed by atoms with van der Waals surface area (Å²) >= 11 is 0. The van der Waals surface area contributed by atoms with Crippen molar-refractivity contribution >= 4 is 17.8 Å². The molecule has 224 valence electrons. The van der Waals surface area contributed by atoms with Gasteiger partial charge >= 0.3 is 11.9 Å². The maximum atomic E-state index is 11.9. The van der Waals surface area contributed by atoms with Crippen molar-refractivity contribution in [3.63, 3.8) is 0 Å². The molecular formula is C31H60N2O5. The molecule has 0 aromatic heterocycles. The number of ether oxygens (including phenoxy) is 1. The second-order valence-corrected chi connectivity index (χ2v) is 10.7. The zero-order valence-electron chi connectivity index (χ0n) is 24.9. The minimum absolute atomic E-state index is 0.0414. The van der Waals surface area contributed by atoms with Gasteiger partial charge < -0.3 is 20.1 Å². The molecule has 0 saturated heterocycles. The molecule has 2 N–H and O–H groups in total. The molecule has 0 atom stereocenters. The number of carbonyl (C=O) groups is 3. The zero-order chi connectivity index (χ0) is 28.1. The van der Waals surface area contributed by atoms with Crippen LogP contribution in [-0.4, -0.2) is 60.6 Å². The summed E-state index contributed by atoms with van der Waals surface area (Å²) in [4.78, 5) is 36.5. The van der Waals surface area contributed by atoms with Crippen molar-refractivity contribution in [3.8, 4) is 0 Å². The van der Waals surface area contributed by atoms with Gasteiger partial charge in [0.25, 0.3) is 0 Å². The van der Waals surface area contributed by atoms with Gasteiger partial charge in [0.15, 0.2) is 0 Å². The summed E-state index contributed by atoms with van der Waals surface area (Å²) in [5.74, 6) is -0.634. The number of amides is 1. The lowest BCUT2D eigenvalue weighted by Gasteiger charge is -2.22. The maximum Gasteiger partial charge on any atom is 0.305 e. The predicted molar refractivity (Wildman–Crippen MR) is 156 cm³/mol. The van der Waals surface area contributed by atoms with Crippen molar-refractivity contribution < 1.29 is 24.2 Å². The Balaban J connectivity index is 3.87. The van der Waals surface area contributed by atoms with Crippen LogP contribution in [0.3, 0.4) is 0 Å². The predicted octanol–water partition coefficient (Wildman–Crippen LogP) is 7.26. The van der Waals surface area contributed by atoms with Crippen LogP contribution in [0.4, 0.5) is 0 Å². The van der Waals surface area contributed by atoms with Gasteiger partial charge in [-0.25, -0.2) is 0 Å². The number of unbranched alkanes of at least 4 members (excludes halogenated alkanes) is 14. The van der Waals surface area contributed by atoms with Gasteiger partial charge in [0.1, 0.15) is 0 Å². The fraction of sp³-hybridized carbons (Fsp3) is 0.903. The van der Waals surface area contributed by atoms with E-state index in [2.05, 4.69) is 17.1 Å². The maximum absolute atomic E-state index is 11.9. The van der Waals surface area contributed by atoms with Gasteiger partial charge in [-0.15, -0.1) is 0 Å². The van der Waals surface area contributed by atoms with Gasteiger partial charge in [-0.3, -0.25) is 14.4 Å². The van der Waals surface area contributed by atoms with Crippen LogP contribution in [0.25, 0.3) is 0 Å². The zero-order valence-corrected chi connectivity index (χ0v) is 24.9. The molecule has 0 aromatic rings. The summed E-state index contributed by atoms with van der Waals surface area (Å²) in [6, 6.07) is 0. The quantitative estimate of drug-likeness (QED) is 0.0765. The highest BCUT2D eigenvalue weighted by Crippen LogP contribution is 2.11. The SMILES string of the molecule is CCCCCCCCCOC(=O)CCCCCCCN(CCCCCCCC(=O)O)CCCNC(=O)CC. The van der Waals surface area contributed by atoms with Crippen molar-refractivity contribution in [1.82, 2.24) is 10.2 Å². The summed E-state index contributed by atoms with van der Waals surface area (Å²) in [5.41, 5.74) is 0. The molecular weight excluding hydrogens is 480 g/mol. The van der Waals surface area contributed by atoms with Crippen LogP contribution >= 0.6 is 0 Å². The van der Waals surface area contributed by atoms with Gasteiger partial charge in [-0.2, -0.15) is 0 Å². The van der Waals surface area contributed by atoms with E-state index in [1.54, 1.807) is 0 Å². The van der Waals surface area contributed by atoms with E-state index in [1.807, 2.05) is 6.92 Å². The van der Waals surface area contributed by atoms with Gasteiger partial charge in [-0.1, -0.05) is 90.9 Å². The molecule has 0 rings (SSSR count). The van der Waals surface area contributed by atoms with Crippen LogP contribution in [0, 0.1) is 0 Å². The van der Waals surface area contributed by atoms with E-state index in [9.17, 15) is 14.4 Å². The third-order valence-corrected chi connectivity index (χ3v) is 7.03. The lowest BCUT2D eigenvalue weighted by molar-refractivity contribution is -0.144. The first-order valence-electron chi connectivity index (χ1n) is 15.9. The number of esters is 1. The second kappa shape index (κ2) is 28.4. The third-order valence-electron chi connectivity index (χ3n) is 7.03. The molecule has 7 heteroatoms. The van der Waals surface area contributed by atoms with Crippen molar-refractivity contribution in [2.24, 2.45) is 0 Å². The average Bonchev–Trinajstić information content (AvgIpc) is 2.90. The Morgan fingerprint density at radius 2 is 1.13 bits per heavy atom. The number of hydrogen-bond donors (Lipinski definition) is 2. The summed E-state index contributed by atoms with van der Waals surface area (Å²) in [6.45, 7) is 8.54. The van der Waals surface area contributed by atoms with Crippen LogP contribution < -0.4 is 5.32 Å². The molecule has 7 nitrogen and oxygen atoms in total. The van der Waals surface area contributed by atoms with Crippen LogP contribution in [0.2, 0.25) is 0 Å². The lowest BCUT2D eigenvalue weighted by Crippen LogP contribution is -2.31. The van der Waals surface area contributed by atoms with Crippen molar-refractivity contribution in [3.05, 3.63) is 0 Å². The third kappa shape index (κ3) is 27.4. The Labute approximate surface area is 233 Å². The number of rotatable bonds is 29. The summed E-state index contributed by atoms with van der Waals surface area (Å²) in [7, 11) is 0. The number of nitrogens with zero attached hydrogens (tertiary/aromatic N) is 1. The van der Waals surface area contributed by atoms with Crippen molar-refractivity contribution in [2.75, 3.05) is 32.8 Å². The first-order valence-corrected chi connectivity index (χ1v) is 15.9. The topological polar surface area (TPSA) is 95.9 Å². The van der Waals surface area contributed by atoms with E-state index in [-0.39, 0.29) is 18.3 Å². The molecule has 0 fully saturated rings. The van der Waals surface area contributed by atoms with E-state index in [0.717, 1.165) is 103 Å². The molecule has 0 aliphatic heterocycles. The molecule has 0 saturated carbocycles. The van der Waals surface area contributed by atoms with Gasteiger partial charge in [0.05, 0.1) is 6.61 Å². The number of carboxylic acid groups (broad SMARTS) is 1. The molecule has 0 bridgehead atoms. The number of carbonyl (C=O) groups excluding carboxylic acids is 2. The van der Waals surface area contributed by atoms with Crippen LogP contribution in [0.1, 0.15) is 149 Å². The number of hydrogen-bond acceptors (Lipinski definition) is 5. The van der Waals surface area contributed by atoms with Gasteiger partial charge in [0.2, 0.25) is 5.91 Å². The minimum atomic E-state index is -0.704. The molecule has 0 spiro atoms. The number of nitrogens with one attached hydrogen (secondary N) is 1. The van der Waals surface area contributed by atoms with Gasteiger partial charge in [0, 0.05) is 25.8 Å². The summed E-state index contributed by atoms with van der Waals surface area (Å²) < 4.78 is 5.38. The lowest BCUT2D eigenvalue weighted by atomic mass is 10.1. The Kier molecular flexibility index (Phi) is 27.2. The van der Waals surface area contributed by atoms with E-state index >= 15 is 0 Å². The first kappa shape index (κ1) is 36.4. The molecule has 0 aliphatic rings. The largest absolute Gasteiger partial charge is 0.481 e. The van der Waals surface area contributed by atoms with Crippen molar-refractivity contribution in [1.29, 1.82) is 0 Å². The smallest absolute Gasteiger partial charge is 0.305 e. The minimum Gasteiger partial charge on any atom is -0.481 e. The van der Waals surface area contributed by atoms with Crippen LogP contribution in [-0.2, 0) is 19.1 Å². The van der Waals surface area contributed by atoms with E-state index < -0.39 is 5.97 Å². The average molecular weight is 541 g/mol. The molecule has 0 aliphatic carbocycles. The van der Waals surface area contributed by atoms with E-state index in [0.29, 0.717) is 19.4 Å². The summed E-state index contributed by atoms with van der Waals surface area (Å²) in [5, 5.41) is 11.7. The fourth-order valence-corrected chi connectivity index (χ4v) is 4.59. The Hall–Kier alpha value is -1.63. The van der Waals surface area contributed by atoms with Gasteiger partial charge in [-0.05, 0) is 58.2 Å². The summed E-state index contributed by atoms with van der Waals surface area (Å²) in [6.07, 6.45) is 21.5. The van der Waals surface area contributed by atoms with Crippen LogP contribution in [0.15, 0.2) is 0 Å². The number of aliphatic carboxylic acids is 1. The second-order valence-electron chi connectivity index (χ2n) is 10.7. The molecule has 1 amide bonds.